The van der Waals surface area contributed by atoms with E-state index in [9.17, 15) is 4.79 Å². The molecule has 0 spiro atoms. The molecule has 23 heavy (non-hydrogen) atoms. The van der Waals surface area contributed by atoms with Gasteiger partial charge in [0.25, 0.3) is 0 Å². The van der Waals surface area contributed by atoms with Crippen LogP contribution in [0.5, 0.6) is 0 Å². The lowest BCUT2D eigenvalue weighted by molar-refractivity contribution is 0.0120. The van der Waals surface area contributed by atoms with Gasteiger partial charge in [-0.25, -0.2) is 4.79 Å². The fraction of sp³-hybridized carbons (Fsp3) is 0.688. The van der Waals surface area contributed by atoms with E-state index in [4.69, 9.17) is 16.3 Å². The molecule has 0 aromatic carbocycles. The highest BCUT2D eigenvalue weighted by atomic mass is 35.5. The van der Waals surface area contributed by atoms with Crippen molar-refractivity contribution >= 4 is 17.7 Å². The van der Waals surface area contributed by atoms with Gasteiger partial charge < -0.3 is 9.64 Å². The number of aromatic nitrogens is 2. The Labute approximate surface area is 142 Å². The molecule has 1 aromatic heterocycles. The smallest absolute Gasteiger partial charge is 0.410 e. The van der Waals surface area contributed by atoms with E-state index in [-0.39, 0.29) is 12.1 Å². The first-order chi connectivity index (χ1) is 10.7. The average molecular weight is 341 g/mol. The second-order valence-corrected chi connectivity index (χ2v) is 7.37. The maximum Gasteiger partial charge on any atom is 0.410 e. The molecule has 0 bridgehead atoms. The van der Waals surface area contributed by atoms with Crippen molar-refractivity contribution in [2.45, 2.75) is 51.8 Å². The number of nitrogens with zero attached hydrogens (tertiary/aromatic N) is 4. The Morgan fingerprint density at radius 2 is 2.17 bits per heavy atom. The largest absolute Gasteiger partial charge is 0.444 e. The van der Waals surface area contributed by atoms with E-state index in [2.05, 4.69) is 15.1 Å². The van der Waals surface area contributed by atoms with Crippen molar-refractivity contribution in [2.24, 2.45) is 0 Å². The molecule has 7 heteroatoms. The highest BCUT2D eigenvalue weighted by molar-refractivity contribution is 6.29. The zero-order valence-corrected chi connectivity index (χ0v) is 15.0. The van der Waals surface area contributed by atoms with Gasteiger partial charge in [-0.05, 0) is 52.8 Å². The van der Waals surface area contributed by atoms with E-state index in [1.807, 2.05) is 33.9 Å². The molecule has 0 N–H and O–H groups in total. The number of hydrogen-bond acceptors (Lipinski definition) is 5. The molecule has 0 saturated carbocycles. The molecule has 1 aromatic rings. The van der Waals surface area contributed by atoms with Crippen LogP contribution in [0.25, 0.3) is 0 Å². The molecule has 1 saturated heterocycles. The number of ether oxygens (including phenoxy) is 1. The Balaban J connectivity index is 1.92. The topological polar surface area (TPSA) is 58.6 Å². The first kappa shape index (κ1) is 17.9. The van der Waals surface area contributed by atoms with Crippen molar-refractivity contribution in [1.82, 2.24) is 20.0 Å². The standard InChI is InChI=1S/C16H25ClN4O2/c1-16(2,3)23-15(22)21-9-5-6-13(11-21)20(4)10-12-7-8-14(17)19-18-12/h7-8,13H,5-6,9-11H2,1-4H3/t13-/m1/s1. The van der Waals surface area contributed by atoms with Gasteiger partial charge in [0, 0.05) is 25.7 Å². The fourth-order valence-electron chi connectivity index (χ4n) is 2.62. The first-order valence-corrected chi connectivity index (χ1v) is 8.28. The van der Waals surface area contributed by atoms with Crippen LogP contribution in [0.2, 0.25) is 5.15 Å². The second kappa shape index (κ2) is 7.45. The van der Waals surface area contributed by atoms with Crippen LogP contribution in [0.3, 0.4) is 0 Å². The monoisotopic (exact) mass is 340 g/mol. The maximum absolute atomic E-state index is 12.2. The van der Waals surface area contributed by atoms with Crippen molar-refractivity contribution in [1.29, 1.82) is 0 Å². The van der Waals surface area contributed by atoms with Crippen LogP contribution in [0.1, 0.15) is 39.3 Å². The SMILES string of the molecule is CN(Cc1ccc(Cl)nn1)[C@@H]1CCCN(C(=O)OC(C)(C)C)C1. The number of carbonyl (C=O) groups is 1. The van der Waals surface area contributed by atoms with Crippen LogP contribution in [0.15, 0.2) is 12.1 Å². The number of likely N-dealkylation sites (N-methyl/N-ethyl adjacent to an activating group) is 1. The third kappa shape index (κ3) is 5.62. The minimum Gasteiger partial charge on any atom is -0.444 e. The zero-order valence-electron chi connectivity index (χ0n) is 14.3. The number of piperidine rings is 1. The van der Waals surface area contributed by atoms with Gasteiger partial charge in [-0.15, -0.1) is 5.10 Å². The lowest BCUT2D eigenvalue weighted by Crippen LogP contribution is -2.49. The van der Waals surface area contributed by atoms with Crippen LogP contribution in [-0.4, -0.2) is 57.9 Å². The van der Waals surface area contributed by atoms with Gasteiger partial charge in [-0.2, -0.15) is 5.10 Å². The molecule has 0 aliphatic carbocycles. The van der Waals surface area contributed by atoms with Crippen LogP contribution >= 0.6 is 11.6 Å². The molecular weight excluding hydrogens is 316 g/mol. The zero-order chi connectivity index (χ0) is 17.0. The normalized spacial score (nSPS) is 19.0. The molecule has 0 unspecified atom stereocenters. The van der Waals surface area contributed by atoms with Crippen LogP contribution in [0.4, 0.5) is 4.79 Å². The minimum absolute atomic E-state index is 0.234. The number of likely N-dealkylation sites (tertiary alicyclic amines) is 1. The summed E-state index contributed by atoms with van der Waals surface area (Å²) in [7, 11) is 2.04. The number of amides is 1. The quantitative estimate of drug-likeness (QED) is 0.846. The molecule has 1 fully saturated rings. The Hall–Kier alpha value is -1.40. The van der Waals surface area contributed by atoms with Gasteiger partial charge in [-0.1, -0.05) is 11.6 Å². The van der Waals surface area contributed by atoms with E-state index in [0.717, 1.165) is 25.1 Å². The molecule has 2 rings (SSSR count). The fourth-order valence-corrected chi connectivity index (χ4v) is 2.72. The highest BCUT2D eigenvalue weighted by Crippen LogP contribution is 2.19. The molecule has 1 aliphatic heterocycles. The second-order valence-electron chi connectivity index (χ2n) is 6.98. The van der Waals surface area contributed by atoms with Crippen molar-refractivity contribution in [3.63, 3.8) is 0 Å². The van der Waals surface area contributed by atoms with Crippen molar-refractivity contribution in [2.75, 3.05) is 20.1 Å². The summed E-state index contributed by atoms with van der Waals surface area (Å²) >= 11 is 5.76. The van der Waals surface area contributed by atoms with Crippen LogP contribution < -0.4 is 0 Å². The number of rotatable bonds is 3. The number of hydrogen-bond donors (Lipinski definition) is 0. The Bertz CT molecular complexity index is 530. The summed E-state index contributed by atoms with van der Waals surface area (Å²) in [4.78, 5) is 16.2. The van der Waals surface area contributed by atoms with E-state index >= 15 is 0 Å². The van der Waals surface area contributed by atoms with Crippen LogP contribution in [-0.2, 0) is 11.3 Å². The summed E-state index contributed by atoms with van der Waals surface area (Å²) in [5, 5.41) is 8.35. The van der Waals surface area contributed by atoms with Gasteiger partial charge in [0.2, 0.25) is 0 Å². The third-order valence-corrected chi connectivity index (χ3v) is 3.97. The van der Waals surface area contributed by atoms with Crippen molar-refractivity contribution < 1.29 is 9.53 Å². The predicted molar refractivity (Wildman–Crippen MR) is 89.3 cm³/mol. The predicted octanol–water partition coefficient (Wildman–Crippen LogP) is 2.96. The van der Waals surface area contributed by atoms with Gasteiger partial charge in [-0.3, -0.25) is 4.90 Å². The van der Waals surface area contributed by atoms with E-state index in [1.165, 1.54) is 0 Å². The summed E-state index contributed by atoms with van der Waals surface area (Å²) in [5.41, 5.74) is 0.403. The maximum atomic E-state index is 12.2. The molecule has 2 heterocycles. The average Bonchev–Trinajstić information content (AvgIpc) is 2.48. The van der Waals surface area contributed by atoms with E-state index < -0.39 is 5.60 Å². The molecule has 1 atom stereocenters. The minimum atomic E-state index is -0.463. The van der Waals surface area contributed by atoms with Gasteiger partial charge in [0.1, 0.15) is 5.60 Å². The molecule has 1 aliphatic rings. The molecular formula is C16H25ClN4O2. The summed E-state index contributed by atoms with van der Waals surface area (Å²) in [5.74, 6) is 0. The summed E-state index contributed by atoms with van der Waals surface area (Å²) in [6, 6.07) is 3.90. The summed E-state index contributed by atoms with van der Waals surface area (Å²) in [6.07, 6.45) is 1.79. The number of carbonyl (C=O) groups excluding carboxylic acids is 1. The Kier molecular flexibility index (Phi) is 5.81. The first-order valence-electron chi connectivity index (χ1n) is 7.91. The summed E-state index contributed by atoms with van der Waals surface area (Å²) < 4.78 is 5.47. The lowest BCUT2D eigenvalue weighted by Gasteiger charge is -2.38. The van der Waals surface area contributed by atoms with Gasteiger partial charge in [0.05, 0.1) is 5.69 Å². The molecule has 128 valence electrons. The molecule has 0 radical (unpaired) electrons. The summed E-state index contributed by atoms with van der Waals surface area (Å²) in [6.45, 7) is 7.76. The van der Waals surface area contributed by atoms with Crippen LogP contribution in [0, 0.1) is 0 Å². The molecule has 6 nitrogen and oxygen atoms in total. The third-order valence-electron chi connectivity index (χ3n) is 3.77. The Morgan fingerprint density at radius 1 is 1.43 bits per heavy atom. The lowest BCUT2D eigenvalue weighted by atomic mass is 10.0. The van der Waals surface area contributed by atoms with Gasteiger partial charge >= 0.3 is 6.09 Å². The highest BCUT2D eigenvalue weighted by Gasteiger charge is 2.29. The Morgan fingerprint density at radius 3 is 2.78 bits per heavy atom. The van der Waals surface area contributed by atoms with Crippen molar-refractivity contribution in [3.05, 3.63) is 23.0 Å². The van der Waals surface area contributed by atoms with Crippen molar-refractivity contribution in [3.8, 4) is 0 Å². The number of halogens is 1. The van der Waals surface area contributed by atoms with E-state index in [0.29, 0.717) is 18.2 Å². The molecule has 1 amide bonds. The van der Waals surface area contributed by atoms with E-state index in [1.54, 1.807) is 11.0 Å². The van der Waals surface area contributed by atoms with Gasteiger partial charge in [0.15, 0.2) is 5.15 Å².